The van der Waals surface area contributed by atoms with Crippen molar-refractivity contribution in [2.75, 3.05) is 19.0 Å². The fraction of sp³-hybridized carbons (Fsp3) is 0.615. The summed E-state index contributed by atoms with van der Waals surface area (Å²) in [5, 5.41) is 0. The molecule has 4 nitrogen and oxygen atoms in total. The average Bonchev–Trinajstić information content (AvgIpc) is 3.03. The Labute approximate surface area is 103 Å². The Morgan fingerprint density at radius 2 is 2.00 bits per heavy atom. The van der Waals surface area contributed by atoms with E-state index < -0.39 is 0 Å². The van der Waals surface area contributed by atoms with Crippen molar-refractivity contribution >= 4 is 5.82 Å². The Morgan fingerprint density at radius 3 is 2.53 bits per heavy atom. The van der Waals surface area contributed by atoms with Crippen molar-refractivity contribution in [3.05, 3.63) is 12.1 Å². The summed E-state index contributed by atoms with van der Waals surface area (Å²) >= 11 is 0. The highest BCUT2D eigenvalue weighted by Gasteiger charge is 2.25. The van der Waals surface area contributed by atoms with E-state index in [9.17, 15) is 0 Å². The number of pyridine rings is 1. The normalized spacial score (nSPS) is 14.9. The first kappa shape index (κ1) is 12.0. The van der Waals surface area contributed by atoms with Crippen molar-refractivity contribution in [3.63, 3.8) is 0 Å². The van der Waals surface area contributed by atoms with Gasteiger partial charge < -0.3 is 14.4 Å². The summed E-state index contributed by atoms with van der Waals surface area (Å²) < 4.78 is 11.4. The van der Waals surface area contributed by atoms with E-state index in [1.807, 2.05) is 45.0 Å². The SMILES string of the molecule is CC(C)Oc1ccc(OC2CC2)c(N(C)C)n1. The van der Waals surface area contributed by atoms with Gasteiger partial charge in [-0.15, -0.1) is 0 Å². The van der Waals surface area contributed by atoms with Gasteiger partial charge in [-0.1, -0.05) is 0 Å². The molecule has 0 N–H and O–H groups in total. The van der Waals surface area contributed by atoms with Crippen LogP contribution < -0.4 is 14.4 Å². The van der Waals surface area contributed by atoms with Gasteiger partial charge in [0.1, 0.15) is 0 Å². The molecule has 0 saturated heterocycles. The number of rotatable bonds is 5. The van der Waals surface area contributed by atoms with Gasteiger partial charge in [0.25, 0.3) is 0 Å². The van der Waals surface area contributed by atoms with Crippen LogP contribution in [0.2, 0.25) is 0 Å². The molecule has 94 valence electrons. The monoisotopic (exact) mass is 236 g/mol. The van der Waals surface area contributed by atoms with Crippen LogP contribution >= 0.6 is 0 Å². The van der Waals surface area contributed by atoms with Crippen LogP contribution in [0.15, 0.2) is 12.1 Å². The van der Waals surface area contributed by atoms with Crippen LogP contribution in [0.1, 0.15) is 26.7 Å². The molecule has 1 aromatic rings. The molecule has 0 amide bonds. The average molecular weight is 236 g/mol. The second kappa shape index (κ2) is 4.82. The summed E-state index contributed by atoms with van der Waals surface area (Å²) in [7, 11) is 3.92. The second-order valence-electron chi connectivity index (χ2n) is 4.85. The lowest BCUT2D eigenvalue weighted by Gasteiger charge is -2.18. The molecule has 0 atom stereocenters. The molecule has 2 rings (SSSR count). The third kappa shape index (κ3) is 3.25. The fourth-order valence-corrected chi connectivity index (χ4v) is 1.50. The molecule has 0 aliphatic heterocycles. The van der Waals surface area contributed by atoms with Crippen LogP contribution in [0.5, 0.6) is 11.6 Å². The summed E-state index contributed by atoms with van der Waals surface area (Å²) in [6.07, 6.45) is 2.81. The van der Waals surface area contributed by atoms with E-state index in [4.69, 9.17) is 9.47 Å². The maximum Gasteiger partial charge on any atom is 0.215 e. The summed E-state index contributed by atoms with van der Waals surface area (Å²) in [4.78, 5) is 6.42. The predicted octanol–water partition coefficient (Wildman–Crippen LogP) is 2.48. The number of nitrogens with zero attached hydrogens (tertiary/aromatic N) is 2. The second-order valence-corrected chi connectivity index (χ2v) is 4.85. The number of hydrogen-bond acceptors (Lipinski definition) is 4. The van der Waals surface area contributed by atoms with E-state index in [1.54, 1.807) is 0 Å². The van der Waals surface area contributed by atoms with Crippen molar-refractivity contribution in [2.24, 2.45) is 0 Å². The lowest BCUT2D eigenvalue weighted by Crippen LogP contribution is -2.15. The molecular formula is C13H20N2O2. The highest BCUT2D eigenvalue weighted by atomic mass is 16.5. The van der Waals surface area contributed by atoms with Gasteiger partial charge in [0.15, 0.2) is 11.6 Å². The predicted molar refractivity (Wildman–Crippen MR) is 68.0 cm³/mol. The number of hydrogen-bond donors (Lipinski definition) is 0. The topological polar surface area (TPSA) is 34.6 Å². The van der Waals surface area contributed by atoms with Gasteiger partial charge in [-0.05, 0) is 32.8 Å². The highest BCUT2D eigenvalue weighted by molar-refractivity contribution is 5.53. The smallest absolute Gasteiger partial charge is 0.215 e. The lowest BCUT2D eigenvalue weighted by molar-refractivity contribution is 0.231. The Balaban J connectivity index is 2.20. The van der Waals surface area contributed by atoms with Crippen LogP contribution in [-0.2, 0) is 0 Å². The summed E-state index contributed by atoms with van der Waals surface area (Å²) in [5.41, 5.74) is 0. The van der Waals surface area contributed by atoms with Gasteiger partial charge in [-0.3, -0.25) is 0 Å². The third-order valence-corrected chi connectivity index (χ3v) is 2.41. The number of ether oxygens (including phenoxy) is 2. The molecule has 1 saturated carbocycles. The van der Waals surface area contributed by atoms with Gasteiger partial charge in [-0.25, -0.2) is 0 Å². The van der Waals surface area contributed by atoms with E-state index >= 15 is 0 Å². The Bertz CT molecular complexity index is 387. The van der Waals surface area contributed by atoms with Crippen molar-refractivity contribution in [1.29, 1.82) is 0 Å². The lowest BCUT2D eigenvalue weighted by atomic mass is 10.4. The minimum atomic E-state index is 0.132. The van der Waals surface area contributed by atoms with Gasteiger partial charge in [0.2, 0.25) is 5.88 Å². The first-order chi connectivity index (χ1) is 8.06. The first-order valence-corrected chi connectivity index (χ1v) is 6.08. The van der Waals surface area contributed by atoms with Crippen LogP contribution in [0, 0.1) is 0 Å². The van der Waals surface area contributed by atoms with Crippen LogP contribution in [0.3, 0.4) is 0 Å². The summed E-state index contributed by atoms with van der Waals surface area (Å²) in [6.45, 7) is 3.98. The van der Waals surface area contributed by atoms with Crippen LogP contribution in [-0.4, -0.2) is 31.3 Å². The zero-order chi connectivity index (χ0) is 12.4. The molecule has 1 aliphatic carbocycles. The van der Waals surface area contributed by atoms with Gasteiger partial charge in [0, 0.05) is 20.2 Å². The largest absolute Gasteiger partial charge is 0.487 e. The summed E-state index contributed by atoms with van der Waals surface area (Å²) in [5.74, 6) is 2.32. The number of aromatic nitrogens is 1. The van der Waals surface area contributed by atoms with Gasteiger partial charge in [0.05, 0.1) is 12.2 Å². The quantitative estimate of drug-likeness (QED) is 0.786. The first-order valence-electron chi connectivity index (χ1n) is 6.08. The molecule has 0 aromatic carbocycles. The molecular weight excluding hydrogens is 216 g/mol. The van der Waals surface area contributed by atoms with E-state index in [0.29, 0.717) is 12.0 Å². The van der Waals surface area contributed by atoms with Gasteiger partial charge >= 0.3 is 0 Å². The van der Waals surface area contributed by atoms with E-state index in [2.05, 4.69) is 4.98 Å². The zero-order valence-electron chi connectivity index (χ0n) is 10.9. The Kier molecular flexibility index (Phi) is 3.41. The van der Waals surface area contributed by atoms with Crippen molar-refractivity contribution < 1.29 is 9.47 Å². The zero-order valence-corrected chi connectivity index (χ0v) is 10.9. The van der Waals surface area contributed by atoms with Crippen LogP contribution in [0.4, 0.5) is 5.82 Å². The Morgan fingerprint density at radius 1 is 1.29 bits per heavy atom. The molecule has 0 unspecified atom stereocenters. The molecule has 1 heterocycles. The maximum absolute atomic E-state index is 5.82. The number of anilines is 1. The van der Waals surface area contributed by atoms with Crippen molar-refractivity contribution in [1.82, 2.24) is 4.98 Å². The molecule has 1 fully saturated rings. The van der Waals surface area contributed by atoms with Crippen molar-refractivity contribution in [2.45, 2.75) is 38.9 Å². The highest BCUT2D eigenvalue weighted by Crippen LogP contribution is 2.33. The Hall–Kier alpha value is -1.45. The van der Waals surface area contributed by atoms with E-state index in [-0.39, 0.29) is 6.10 Å². The molecule has 17 heavy (non-hydrogen) atoms. The van der Waals surface area contributed by atoms with Gasteiger partial charge in [-0.2, -0.15) is 4.98 Å². The van der Waals surface area contributed by atoms with E-state index in [1.165, 1.54) is 0 Å². The molecule has 1 aromatic heterocycles. The van der Waals surface area contributed by atoms with Crippen molar-refractivity contribution in [3.8, 4) is 11.6 Å². The fourth-order valence-electron chi connectivity index (χ4n) is 1.50. The molecule has 0 radical (unpaired) electrons. The maximum atomic E-state index is 5.82. The summed E-state index contributed by atoms with van der Waals surface area (Å²) in [6, 6.07) is 3.81. The molecule has 1 aliphatic rings. The van der Waals surface area contributed by atoms with Crippen LogP contribution in [0.25, 0.3) is 0 Å². The molecule has 0 bridgehead atoms. The minimum Gasteiger partial charge on any atom is -0.487 e. The third-order valence-electron chi connectivity index (χ3n) is 2.41. The minimum absolute atomic E-state index is 0.132. The standard InChI is InChI=1S/C13H20N2O2/c1-9(2)16-12-8-7-11(17-10-5-6-10)13(14-12)15(3)4/h7-10H,5-6H2,1-4H3. The molecule has 4 heteroatoms. The van der Waals surface area contributed by atoms with E-state index in [0.717, 1.165) is 24.4 Å². The molecule has 0 spiro atoms.